The van der Waals surface area contributed by atoms with Crippen LogP contribution in [0, 0.1) is 6.92 Å². The zero-order valence-corrected chi connectivity index (χ0v) is 13.1. The van der Waals surface area contributed by atoms with Gasteiger partial charge in [-0.15, -0.1) is 0 Å². The molecule has 0 aliphatic carbocycles. The number of nitrogens with one attached hydrogen (secondary N) is 1. The first kappa shape index (κ1) is 16.1. The van der Waals surface area contributed by atoms with Gasteiger partial charge in [-0.3, -0.25) is 0 Å². The third-order valence-electron chi connectivity index (χ3n) is 3.67. The SMILES string of the molecule is Cc1cccc(Nc2cc(-c3ccccc3)cc(C(F)(F)F)c2)c1. The second-order valence-corrected chi connectivity index (χ2v) is 5.66. The molecule has 0 aliphatic rings. The van der Waals surface area contributed by atoms with E-state index in [1.807, 2.05) is 49.4 Å². The molecule has 24 heavy (non-hydrogen) atoms. The Morgan fingerprint density at radius 2 is 1.46 bits per heavy atom. The molecule has 0 saturated heterocycles. The van der Waals surface area contributed by atoms with Gasteiger partial charge in [0, 0.05) is 11.4 Å². The van der Waals surface area contributed by atoms with E-state index in [-0.39, 0.29) is 0 Å². The van der Waals surface area contributed by atoms with Gasteiger partial charge in [-0.2, -0.15) is 13.2 Å². The highest BCUT2D eigenvalue weighted by Crippen LogP contribution is 2.35. The van der Waals surface area contributed by atoms with E-state index in [0.29, 0.717) is 11.3 Å². The van der Waals surface area contributed by atoms with Crippen molar-refractivity contribution in [2.75, 3.05) is 5.32 Å². The summed E-state index contributed by atoms with van der Waals surface area (Å²) >= 11 is 0. The van der Waals surface area contributed by atoms with Crippen molar-refractivity contribution in [1.82, 2.24) is 0 Å². The smallest absolute Gasteiger partial charge is 0.355 e. The molecule has 0 aliphatic heterocycles. The highest BCUT2D eigenvalue weighted by atomic mass is 19.4. The fourth-order valence-electron chi connectivity index (χ4n) is 2.55. The Kier molecular flexibility index (Phi) is 4.30. The van der Waals surface area contributed by atoms with E-state index >= 15 is 0 Å². The molecule has 0 unspecified atom stereocenters. The van der Waals surface area contributed by atoms with Gasteiger partial charge in [0.05, 0.1) is 5.56 Å². The van der Waals surface area contributed by atoms with Crippen LogP contribution < -0.4 is 5.32 Å². The van der Waals surface area contributed by atoms with Crippen molar-refractivity contribution in [3.05, 3.63) is 83.9 Å². The van der Waals surface area contributed by atoms with Crippen molar-refractivity contribution < 1.29 is 13.2 Å². The molecule has 0 aromatic heterocycles. The molecule has 1 N–H and O–H groups in total. The lowest BCUT2D eigenvalue weighted by atomic mass is 10.0. The molecule has 122 valence electrons. The highest BCUT2D eigenvalue weighted by Gasteiger charge is 2.31. The molecule has 1 nitrogen and oxygen atoms in total. The Balaban J connectivity index is 2.05. The normalized spacial score (nSPS) is 11.3. The van der Waals surface area contributed by atoms with Crippen molar-refractivity contribution in [1.29, 1.82) is 0 Å². The fourth-order valence-corrected chi connectivity index (χ4v) is 2.55. The maximum atomic E-state index is 13.2. The Morgan fingerprint density at radius 1 is 0.708 bits per heavy atom. The van der Waals surface area contributed by atoms with Crippen LogP contribution in [0.5, 0.6) is 0 Å². The molecule has 3 aromatic carbocycles. The van der Waals surface area contributed by atoms with Crippen LogP contribution in [0.4, 0.5) is 24.5 Å². The molecule has 3 aromatic rings. The van der Waals surface area contributed by atoms with Gasteiger partial charge in [0.15, 0.2) is 0 Å². The molecular formula is C20H16F3N. The third kappa shape index (κ3) is 3.77. The zero-order chi connectivity index (χ0) is 17.2. The summed E-state index contributed by atoms with van der Waals surface area (Å²) in [5.41, 5.74) is 2.81. The lowest BCUT2D eigenvalue weighted by Crippen LogP contribution is -2.06. The maximum absolute atomic E-state index is 13.2. The first-order chi connectivity index (χ1) is 11.4. The lowest BCUT2D eigenvalue weighted by molar-refractivity contribution is -0.137. The molecule has 4 heteroatoms. The van der Waals surface area contributed by atoms with Crippen molar-refractivity contribution in [3.63, 3.8) is 0 Å². The van der Waals surface area contributed by atoms with Crippen LogP contribution in [0.1, 0.15) is 11.1 Å². The highest BCUT2D eigenvalue weighted by molar-refractivity contribution is 5.72. The fraction of sp³-hybridized carbons (Fsp3) is 0.100. The first-order valence-corrected chi connectivity index (χ1v) is 7.53. The van der Waals surface area contributed by atoms with Crippen LogP contribution in [0.25, 0.3) is 11.1 Å². The lowest BCUT2D eigenvalue weighted by Gasteiger charge is -2.14. The third-order valence-corrected chi connectivity index (χ3v) is 3.67. The largest absolute Gasteiger partial charge is 0.416 e. The molecule has 0 spiro atoms. The predicted octanol–water partition coefficient (Wildman–Crippen LogP) is 6.42. The molecule has 0 atom stereocenters. The van der Waals surface area contributed by atoms with E-state index < -0.39 is 11.7 Å². The van der Waals surface area contributed by atoms with Gasteiger partial charge >= 0.3 is 6.18 Å². The van der Waals surface area contributed by atoms with Crippen LogP contribution >= 0.6 is 0 Å². The van der Waals surface area contributed by atoms with Gasteiger partial charge in [0.25, 0.3) is 0 Å². The van der Waals surface area contributed by atoms with Crippen LogP contribution in [0.2, 0.25) is 0 Å². The topological polar surface area (TPSA) is 12.0 Å². The summed E-state index contributed by atoms with van der Waals surface area (Å²) in [5.74, 6) is 0. The Bertz CT molecular complexity index is 839. The van der Waals surface area contributed by atoms with Crippen molar-refractivity contribution in [3.8, 4) is 11.1 Å². The monoisotopic (exact) mass is 327 g/mol. The summed E-state index contributed by atoms with van der Waals surface area (Å²) in [4.78, 5) is 0. The molecule has 0 saturated carbocycles. The van der Waals surface area contributed by atoms with E-state index in [2.05, 4.69) is 5.32 Å². The zero-order valence-electron chi connectivity index (χ0n) is 13.1. The summed E-state index contributed by atoms with van der Waals surface area (Å²) < 4.78 is 39.7. The Morgan fingerprint density at radius 3 is 2.12 bits per heavy atom. The molecule has 0 radical (unpaired) electrons. The number of hydrogen-bond donors (Lipinski definition) is 1. The summed E-state index contributed by atoms with van der Waals surface area (Å²) in [6.07, 6.45) is -4.40. The molecule has 3 rings (SSSR count). The molecule has 0 fully saturated rings. The second-order valence-electron chi connectivity index (χ2n) is 5.66. The Labute approximate surface area is 138 Å². The van der Waals surface area contributed by atoms with Gasteiger partial charge in [-0.25, -0.2) is 0 Å². The number of rotatable bonds is 3. The number of anilines is 2. The molecule has 0 amide bonds. The van der Waals surface area contributed by atoms with Gasteiger partial charge in [0.1, 0.15) is 0 Å². The minimum absolute atomic E-state index is 0.411. The van der Waals surface area contributed by atoms with Crippen molar-refractivity contribution in [2.24, 2.45) is 0 Å². The predicted molar refractivity (Wildman–Crippen MR) is 91.3 cm³/mol. The molecule has 0 heterocycles. The van der Waals surface area contributed by atoms with Gasteiger partial charge in [0.2, 0.25) is 0 Å². The minimum Gasteiger partial charge on any atom is -0.355 e. The van der Waals surface area contributed by atoms with Crippen LogP contribution in [-0.4, -0.2) is 0 Å². The first-order valence-electron chi connectivity index (χ1n) is 7.53. The summed E-state index contributed by atoms with van der Waals surface area (Å²) in [6.45, 7) is 1.94. The van der Waals surface area contributed by atoms with Crippen LogP contribution in [0.3, 0.4) is 0 Å². The van der Waals surface area contributed by atoms with Crippen LogP contribution in [-0.2, 0) is 6.18 Å². The van der Waals surface area contributed by atoms with E-state index in [4.69, 9.17) is 0 Å². The number of halogens is 3. The Hall–Kier alpha value is -2.75. The molecule has 0 bridgehead atoms. The minimum atomic E-state index is -4.40. The average Bonchev–Trinajstić information content (AvgIpc) is 2.54. The van der Waals surface area contributed by atoms with E-state index in [0.717, 1.165) is 22.9 Å². The van der Waals surface area contributed by atoms with Gasteiger partial charge in [-0.05, 0) is 53.9 Å². The summed E-state index contributed by atoms with van der Waals surface area (Å²) in [6, 6.07) is 20.6. The number of aryl methyl sites for hydroxylation is 1. The van der Waals surface area contributed by atoms with Crippen molar-refractivity contribution in [2.45, 2.75) is 13.1 Å². The standard InChI is InChI=1S/C20H16F3N/c1-14-6-5-9-18(10-14)24-19-12-16(15-7-3-2-4-8-15)11-17(13-19)20(21,22)23/h2-13,24H,1H3. The quantitative estimate of drug-likeness (QED) is 0.585. The average molecular weight is 327 g/mol. The second kappa shape index (κ2) is 6.40. The van der Waals surface area contributed by atoms with E-state index in [1.54, 1.807) is 18.2 Å². The van der Waals surface area contributed by atoms with E-state index in [9.17, 15) is 13.2 Å². The summed E-state index contributed by atoms with van der Waals surface area (Å²) in [5, 5.41) is 3.07. The van der Waals surface area contributed by atoms with Crippen LogP contribution in [0.15, 0.2) is 72.8 Å². The number of alkyl halides is 3. The van der Waals surface area contributed by atoms with Gasteiger partial charge in [-0.1, -0.05) is 42.5 Å². The van der Waals surface area contributed by atoms with Crippen molar-refractivity contribution >= 4 is 11.4 Å². The number of hydrogen-bond acceptors (Lipinski definition) is 1. The number of benzene rings is 3. The van der Waals surface area contributed by atoms with E-state index in [1.165, 1.54) is 6.07 Å². The molecular weight excluding hydrogens is 311 g/mol. The maximum Gasteiger partial charge on any atom is 0.416 e. The van der Waals surface area contributed by atoms with Gasteiger partial charge < -0.3 is 5.32 Å². The summed E-state index contributed by atoms with van der Waals surface area (Å²) in [7, 11) is 0.